The molecule has 0 saturated heterocycles. The van der Waals surface area contributed by atoms with E-state index < -0.39 is 5.97 Å². The van der Waals surface area contributed by atoms with Crippen molar-refractivity contribution >= 4 is 23.4 Å². The van der Waals surface area contributed by atoms with Crippen molar-refractivity contribution in [3.63, 3.8) is 0 Å². The van der Waals surface area contributed by atoms with Crippen LogP contribution in [0.5, 0.6) is 5.75 Å². The van der Waals surface area contributed by atoms with Crippen molar-refractivity contribution in [1.29, 1.82) is 0 Å². The molecule has 0 atom stereocenters. The summed E-state index contributed by atoms with van der Waals surface area (Å²) in [6.45, 7) is 4.00. The lowest BCUT2D eigenvalue weighted by Crippen LogP contribution is -2.73. The molecule has 0 bridgehead atoms. The van der Waals surface area contributed by atoms with Gasteiger partial charge in [-0.15, -0.1) is 5.10 Å². The van der Waals surface area contributed by atoms with Crippen LogP contribution in [0, 0.1) is 0 Å². The Bertz CT molecular complexity index is 603. The van der Waals surface area contributed by atoms with Gasteiger partial charge in [-0.3, -0.25) is 9.89 Å². The van der Waals surface area contributed by atoms with Crippen molar-refractivity contribution in [3.8, 4) is 17.1 Å². The SMILES string of the molecule is CC.O=C(O)CSc1n[nH]c(-c2cc([NH2+]O)ccc2O)n1. The van der Waals surface area contributed by atoms with Gasteiger partial charge >= 0.3 is 5.97 Å². The number of carboxylic acid groups (broad SMARTS) is 1. The molecule has 1 aromatic heterocycles. The minimum absolute atomic E-state index is 0.0171. The number of quaternary nitrogens is 1. The Morgan fingerprint density at radius 1 is 1.43 bits per heavy atom. The molecule has 0 spiro atoms. The second-order valence-electron chi connectivity index (χ2n) is 3.55. The number of aromatic hydroxyl groups is 1. The maximum absolute atomic E-state index is 10.4. The van der Waals surface area contributed by atoms with E-state index in [-0.39, 0.29) is 16.7 Å². The predicted molar refractivity (Wildman–Crippen MR) is 76.6 cm³/mol. The average Bonchev–Trinajstić information content (AvgIpc) is 2.96. The van der Waals surface area contributed by atoms with Gasteiger partial charge in [0.1, 0.15) is 5.75 Å². The van der Waals surface area contributed by atoms with Gasteiger partial charge in [0.05, 0.1) is 11.3 Å². The summed E-state index contributed by atoms with van der Waals surface area (Å²) < 4.78 is 0. The van der Waals surface area contributed by atoms with Crippen LogP contribution >= 0.6 is 11.8 Å². The van der Waals surface area contributed by atoms with Crippen molar-refractivity contribution < 1.29 is 25.7 Å². The quantitative estimate of drug-likeness (QED) is 0.240. The van der Waals surface area contributed by atoms with Gasteiger partial charge in [-0.05, 0) is 6.07 Å². The number of aromatic nitrogens is 3. The predicted octanol–water partition coefficient (Wildman–Crippen LogP) is 0.964. The first-order valence-corrected chi connectivity index (χ1v) is 7.16. The number of phenolic OH excluding ortho intramolecular Hbond substituents is 1. The Kier molecular flexibility index (Phi) is 6.66. The van der Waals surface area contributed by atoms with Crippen LogP contribution in [0.25, 0.3) is 11.4 Å². The largest absolute Gasteiger partial charge is 0.507 e. The molecule has 1 heterocycles. The summed E-state index contributed by atoms with van der Waals surface area (Å²) in [5.41, 5.74) is 1.78. The zero-order valence-corrected chi connectivity index (χ0v) is 12.4. The summed E-state index contributed by atoms with van der Waals surface area (Å²) >= 11 is 0.968. The number of hydrogen-bond donors (Lipinski definition) is 5. The number of phenols is 1. The zero-order valence-electron chi connectivity index (χ0n) is 11.6. The van der Waals surface area contributed by atoms with Gasteiger partial charge in [-0.25, -0.2) is 10.2 Å². The first kappa shape index (κ1) is 17.0. The fraction of sp³-hybridized carbons (Fsp3) is 0.250. The first-order valence-electron chi connectivity index (χ1n) is 6.18. The zero-order chi connectivity index (χ0) is 15.8. The van der Waals surface area contributed by atoms with Crippen molar-refractivity contribution in [2.45, 2.75) is 19.0 Å². The van der Waals surface area contributed by atoms with E-state index in [4.69, 9.17) is 10.3 Å². The van der Waals surface area contributed by atoms with Gasteiger partial charge in [0.2, 0.25) is 5.16 Å². The molecule has 1 aromatic carbocycles. The van der Waals surface area contributed by atoms with Gasteiger partial charge in [0, 0.05) is 12.1 Å². The van der Waals surface area contributed by atoms with Crippen LogP contribution in [0.15, 0.2) is 23.4 Å². The third-order valence-electron chi connectivity index (χ3n) is 2.21. The lowest BCUT2D eigenvalue weighted by atomic mass is 10.1. The van der Waals surface area contributed by atoms with E-state index in [0.717, 1.165) is 17.2 Å². The number of carbonyl (C=O) groups is 1. The molecular formula is C12H17N4O4S+. The molecule has 0 unspecified atom stereocenters. The Morgan fingerprint density at radius 3 is 2.76 bits per heavy atom. The van der Waals surface area contributed by atoms with Crippen molar-refractivity contribution in [2.24, 2.45) is 0 Å². The van der Waals surface area contributed by atoms with E-state index in [9.17, 15) is 9.90 Å². The van der Waals surface area contributed by atoms with Gasteiger partial charge in [0.15, 0.2) is 11.5 Å². The number of H-pyrrole nitrogens is 1. The van der Waals surface area contributed by atoms with Gasteiger partial charge in [-0.2, -0.15) is 5.48 Å². The fourth-order valence-corrected chi connectivity index (χ4v) is 1.90. The minimum atomic E-state index is -0.962. The van der Waals surface area contributed by atoms with Crippen LogP contribution < -0.4 is 5.48 Å². The summed E-state index contributed by atoms with van der Waals surface area (Å²) in [5, 5.41) is 33.9. The summed E-state index contributed by atoms with van der Waals surface area (Å²) in [7, 11) is 0. The summed E-state index contributed by atoms with van der Waals surface area (Å²) in [6, 6.07) is 4.49. The molecule has 0 aliphatic rings. The maximum Gasteiger partial charge on any atom is 0.313 e. The molecule has 0 saturated carbocycles. The molecule has 2 rings (SSSR count). The van der Waals surface area contributed by atoms with Gasteiger partial charge in [0.25, 0.3) is 0 Å². The molecular weight excluding hydrogens is 296 g/mol. The number of hydrogen-bond acceptors (Lipinski definition) is 6. The third kappa shape index (κ3) is 4.74. The van der Waals surface area contributed by atoms with Crippen molar-refractivity contribution in [1.82, 2.24) is 15.2 Å². The fourth-order valence-electron chi connectivity index (χ4n) is 1.38. The highest BCUT2D eigenvalue weighted by Crippen LogP contribution is 2.29. The Labute approximate surface area is 125 Å². The smallest absolute Gasteiger partial charge is 0.313 e. The number of aromatic amines is 1. The molecule has 9 heteroatoms. The molecule has 21 heavy (non-hydrogen) atoms. The van der Waals surface area contributed by atoms with E-state index in [1.165, 1.54) is 18.2 Å². The second-order valence-corrected chi connectivity index (χ2v) is 4.50. The van der Waals surface area contributed by atoms with Crippen molar-refractivity contribution in [2.75, 3.05) is 5.75 Å². The number of nitrogens with two attached hydrogens (primary N) is 1. The minimum Gasteiger partial charge on any atom is -0.507 e. The number of thioether (sulfide) groups is 1. The van der Waals surface area contributed by atoms with Crippen molar-refractivity contribution in [3.05, 3.63) is 18.2 Å². The number of benzene rings is 1. The van der Waals surface area contributed by atoms with Gasteiger partial charge in [-0.1, -0.05) is 25.6 Å². The van der Waals surface area contributed by atoms with Crippen LogP contribution in [-0.4, -0.2) is 42.3 Å². The Hall–Kier alpha value is -2.10. The average molecular weight is 313 g/mol. The third-order valence-corrected chi connectivity index (χ3v) is 3.05. The second kappa shape index (κ2) is 8.25. The molecule has 0 aliphatic heterocycles. The van der Waals surface area contributed by atoms with Crippen LogP contribution in [-0.2, 0) is 4.79 Å². The molecule has 2 aromatic rings. The lowest BCUT2D eigenvalue weighted by Gasteiger charge is -2.00. The lowest BCUT2D eigenvalue weighted by molar-refractivity contribution is -0.825. The summed E-state index contributed by atoms with van der Waals surface area (Å²) in [5.74, 6) is -0.824. The number of carboxylic acids is 1. The summed E-state index contributed by atoms with van der Waals surface area (Å²) in [4.78, 5) is 14.5. The van der Waals surface area contributed by atoms with Crippen LogP contribution in [0.2, 0.25) is 0 Å². The maximum atomic E-state index is 10.4. The van der Waals surface area contributed by atoms with E-state index >= 15 is 0 Å². The van der Waals surface area contributed by atoms with Crippen LogP contribution in [0.1, 0.15) is 13.8 Å². The number of rotatable bonds is 5. The molecule has 8 nitrogen and oxygen atoms in total. The molecule has 6 N–H and O–H groups in total. The highest BCUT2D eigenvalue weighted by molar-refractivity contribution is 7.99. The number of nitrogens with one attached hydrogen (secondary N) is 1. The molecule has 0 fully saturated rings. The van der Waals surface area contributed by atoms with E-state index in [2.05, 4.69) is 15.2 Å². The topological polar surface area (TPSA) is 136 Å². The molecule has 114 valence electrons. The first-order chi connectivity index (χ1) is 10.1. The number of aliphatic carboxylic acids is 1. The molecule has 0 aliphatic carbocycles. The van der Waals surface area contributed by atoms with E-state index in [1.54, 1.807) is 0 Å². The highest BCUT2D eigenvalue weighted by Gasteiger charge is 2.13. The van der Waals surface area contributed by atoms with Gasteiger partial charge < -0.3 is 10.2 Å². The Morgan fingerprint density at radius 2 is 2.14 bits per heavy atom. The molecule has 0 radical (unpaired) electrons. The van der Waals surface area contributed by atoms with Crippen LogP contribution in [0.4, 0.5) is 5.69 Å². The standard InChI is InChI=1S/C10H10N4O4S.C2H6/c15-7-2-1-5(14-18)3-6(7)9-11-10(13-12-9)19-4-8(16)17;1-2/h1-3,14-15,18H,4H2,(H,16,17)(H,11,12,13);1-2H3/p+1. The van der Waals surface area contributed by atoms with E-state index in [0.29, 0.717) is 17.1 Å². The summed E-state index contributed by atoms with van der Waals surface area (Å²) in [6.07, 6.45) is 0. The Balaban J connectivity index is 0.00000106. The number of nitrogens with zero attached hydrogens (tertiary/aromatic N) is 2. The van der Waals surface area contributed by atoms with Crippen LogP contribution in [0.3, 0.4) is 0 Å². The highest BCUT2D eigenvalue weighted by atomic mass is 32.2. The van der Waals surface area contributed by atoms with E-state index in [1.807, 2.05) is 13.8 Å². The monoisotopic (exact) mass is 313 g/mol. The normalized spacial score (nSPS) is 9.86. The molecule has 0 amide bonds.